The molecule has 1 saturated heterocycles. The third-order valence-electron chi connectivity index (χ3n) is 3.30. The second kappa shape index (κ2) is 5.47. The number of carbonyl (C=O) groups is 1. The van der Waals surface area contributed by atoms with Gasteiger partial charge in [0.25, 0.3) is 0 Å². The van der Waals surface area contributed by atoms with Gasteiger partial charge in [0.15, 0.2) is 0 Å². The topological polar surface area (TPSA) is 66.6 Å². The second-order valence-electron chi connectivity index (χ2n) is 4.51. The van der Waals surface area contributed by atoms with Crippen molar-refractivity contribution >= 4 is 5.91 Å². The van der Waals surface area contributed by atoms with Crippen LogP contribution in [0.1, 0.15) is 33.1 Å². The van der Waals surface area contributed by atoms with Crippen molar-refractivity contribution in [1.82, 2.24) is 4.90 Å². The Morgan fingerprint density at radius 1 is 1.53 bits per heavy atom. The fourth-order valence-electron chi connectivity index (χ4n) is 1.97. The lowest BCUT2D eigenvalue weighted by molar-refractivity contribution is -0.140. The SMILES string of the molecule is CC(N)C(C)C(=O)N1CCCCC1CO. The summed E-state index contributed by atoms with van der Waals surface area (Å²) in [6.45, 7) is 4.54. The molecule has 0 aromatic heterocycles. The predicted molar refractivity (Wildman–Crippen MR) is 59.3 cm³/mol. The fraction of sp³-hybridized carbons (Fsp3) is 0.909. The molecule has 3 atom stereocenters. The van der Waals surface area contributed by atoms with E-state index in [1.807, 2.05) is 13.8 Å². The van der Waals surface area contributed by atoms with Crippen molar-refractivity contribution in [3.8, 4) is 0 Å². The first-order valence-electron chi connectivity index (χ1n) is 5.74. The average molecular weight is 214 g/mol. The van der Waals surface area contributed by atoms with Gasteiger partial charge in [0, 0.05) is 12.6 Å². The molecule has 0 bridgehead atoms. The number of hydrogen-bond donors (Lipinski definition) is 2. The summed E-state index contributed by atoms with van der Waals surface area (Å²) in [5.74, 6) is -0.0686. The largest absolute Gasteiger partial charge is 0.394 e. The van der Waals surface area contributed by atoms with Gasteiger partial charge >= 0.3 is 0 Å². The Kier molecular flexibility index (Phi) is 4.54. The number of piperidine rings is 1. The highest BCUT2D eigenvalue weighted by molar-refractivity contribution is 5.79. The molecular weight excluding hydrogens is 192 g/mol. The summed E-state index contributed by atoms with van der Waals surface area (Å²) in [7, 11) is 0. The van der Waals surface area contributed by atoms with Crippen LogP contribution in [0.2, 0.25) is 0 Å². The van der Waals surface area contributed by atoms with Gasteiger partial charge < -0.3 is 15.7 Å². The smallest absolute Gasteiger partial charge is 0.227 e. The van der Waals surface area contributed by atoms with Gasteiger partial charge in [0.05, 0.1) is 18.6 Å². The molecule has 0 radical (unpaired) electrons. The molecule has 1 rings (SSSR count). The van der Waals surface area contributed by atoms with E-state index in [9.17, 15) is 9.90 Å². The minimum absolute atomic E-state index is 0.00690. The summed E-state index contributed by atoms with van der Waals surface area (Å²) in [6, 6.07) is -0.119. The van der Waals surface area contributed by atoms with Crippen LogP contribution in [0.4, 0.5) is 0 Å². The third-order valence-corrected chi connectivity index (χ3v) is 3.30. The van der Waals surface area contributed by atoms with Gasteiger partial charge in [-0.2, -0.15) is 0 Å². The minimum atomic E-state index is -0.155. The molecule has 1 heterocycles. The van der Waals surface area contributed by atoms with Gasteiger partial charge in [0.1, 0.15) is 0 Å². The van der Waals surface area contributed by atoms with Gasteiger partial charge in [0.2, 0.25) is 5.91 Å². The number of aliphatic hydroxyl groups is 1. The lowest BCUT2D eigenvalue weighted by Crippen LogP contribution is -2.50. The zero-order chi connectivity index (χ0) is 11.4. The highest BCUT2D eigenvalue weighted by atomic mass is 16.3. The van der Waals surface area contributed by atoms with Crippen LogP contribution in [0.3, 0.4) is 0 Å². The Balaban J connectivity index is 2.63. The molecule has 1 amide bonds. The van der Waals surface area contributed by atoms with Crippen LogP contribution in [0.15, 0.2) is 0 Å². The summed E-state index contributed by atoms with van der Waals surface area (Å²) in [6.07, 6.45) is 3.05. The van der Waals surface area contributed by atoms with E-state index in [0.29, 0.717) is 0 Å². The van der Waals surface area contributed by atoms with Crippen molar-refractivity contribution in [3.05, 3.63) is 0 Å². The lowest BCUT2D eigenvalue weighted by Gasteiger charge is -2.37. The summed E-state index contributed by atoms with van der Waals surface area (Å²) >= 11 is 0. The van der Waals surface area contributed by atoms with Crippen LogP contribution in [-0.2, 0) is 4.79 Å². The number of amides is 1. The van der Waals surface area contributed by atoms with E-state index in [1.54, 1.807) is 4.90 Å². The van der Waals surface area contributed by atoms with Crippen LogP contribution < -0.4 is 5.73 Å². The first-order valence-corrected chi connectivity index (χ1v) is 5.74. The number of hydrogen-bond acceptors (Lipinski definition) is 3. The quantitative estimate of drug-likeness (QED) is 0.712. The maximum Gasteiger partial charge on any atom is 0.227 e. The van der Waals surface area contributed by atoms with Crippen molar-refractivity contribution in [2.24, 2.45) is 11.7 Å². The van der Waals surface area contributed by atoms with Gasteiger partial charge in [-0.1, -0.05) is 6.92 Å². The molecule has 3 N–H and O–H groups in total. The number of rotatable bonds is 3. The summed E-state index contributed by atoms with van der Waals surface area (Å²) in [4.78, 5) is 13.8. The Bertz CT molecular complexity index is 219. The van der Waals surface area contributed by atoms with E-state index < -0.39 is 0 Å². The molecule has 4 heteroatoms. The Labute approximate surface area is 91.4 Å². The number of aliphatic hydroxyl groups excluding tert-OH is 1. The number of likely N-dealkylation sites (tertiary alicyclic amines) is 1. The molecule has 1 aliphatic heterocycles. The van der Waals surface area contributed by atoms with Crippen molar-refractivity contribution in [2.45, 2.75) is 45.2 Å². The Morgan fingerprint density at radius 2 is 2.20 bits per heavy atom. The highest BCUT2D eigenvalue weighted by Gasteiger charge is 2.30. The summed E-state index contributed by atoms with van der Waals surface area (Å²) in [5.41, 5.74) is 5.72. The van der Waals surface area contributed by atoms with Gasteiger partial charge in [-0.05, 0) is 26.2 Å². The molecule has 88 valence electrons. The molecule has 1 aliphatic rings. The molecule has 0 spiro atoms. The van der Waals surface area contributed by atoms with Crippen molar-refractivity contribution in [3.63, 3.8) is 0 Å². The van der Waals surface area contributed by atoms with E-state index in [4.69, 9.17) is 5.73 Å². The molecule has 0 aliphatic carbocycles. The molecule has 3 unspecified atom stereocenters. The van der Waals surface area contributed by atoms with Crippen molar-refractivity contribution in [1.29, 1.82) is 0 Å². The van der Waals surface area contributed by atoms with Crippen LogP contribution in [-0.4, -0.2) is 41.1 Å². The third kappa shape index (κ3) is 2.92. The molecular formula is C11H22N2O2. The number of nitrogens with two attached hydrogens (primary N) is 1. The van der Waals surface area contributed by atoms with Gasteiger partial charge in [-0.15, -0.1) is 0 Å². The molecule has 0 aromatic carbocycles. The number of carbonyl (C=O) groups excluding carboxylic acids is 1. The Morgan fingerprint density at radius 3 is 2.73 bits per heavy atom. The van der Waals surface area contributed by atoms with Crippen LogP contribution in [0, 0.1) is 5.92 Å². The minimum Gasteiger partial charge on any atom is -0.394 e. The Hall–Kier alpha value is -0.610. The molecule has 0 aromatic rings. The molecule has 4 nitrogen and oxygen atoms in total. The summed E-state index contributed by atoms with van der Waals surface area (Å²) < 4.78 is 0. The van der Waals surface area contributed by atoms with E-state index in [0.717, 1.165) is 25.8 Å². The molecule has 0 saturated carbocycles. The maximum absolute atomic E-state index is 12.0. The zero-order valence-electron chi connectivity index (χ0n) is 9.65. The van der Waals surface area contributed by atoms with Gasteiger partial charge in [-0.25, -0.2) is 0 Å². The molecule has 1 fully saturated rings. The van der Waals surface area contributed by atoms with Crippen molar-refractivity contribution < 1.29 is 9.90 Å². The standard InChI is InChI=1S/C11H22N2O2/c1-8(9(2)12)11(15)13-6-4-3-5-10(13)7-14/h8-10,14H,3-7,12H2,1-2H3. The molecule has 15 heavy (non-hydrogen) atoms. The first-order chi connectivity index (χ1) is 7.07. The lowest BCUT2D eigenvalue weighted by atomic mass is 9.97. The average Bonchev–Trinajstić information content (AvgIpc) is 2.26. The van der Waals surface area contributed by atoms with Gasteiger partial charge in [-0.3, -0.25) is 4.79 Å². The maximum atomic E-state index is 12.0. The van der Waals surface area contributed by atoms with Crippen LogP contribution in [0.5, 0.6) is 0 Å². The van der Waals surface area contributed by atoms with E-state index in [-0.39, 0.29) is 30.5 Å². The van der Waals surface area contributed by atoms with E-state index in [1.165, 1.54) is 0 Å². The van der Waals surface area contributed by atoms with Crippen LogP contribution >= 0.6 is 0 Å². The second-order valence-corrected chi connectivity index (χ2v) is 4.51. The zero-order valence-corrected chi connectivity index (χ0v) is 9.65. The highest BCUT2D eigenvalue weighted by Crippen LogP contribution is 2.19. The van der Waals surface area contributed by atoms with E-state index in [2.05, 4.69) is 0 Å². The van der Waals surface area contributed by atoms with E-state index >= 15 is 0 Å². The fourth-order valence-corrected chi connectivity index (χ4v) is 1.97. The normalized spacial score (nSPS) is 26.1. The monoisotopic (exact) mass is 214 g/mol. The van der Waals surface area contributed by atoms with Crippen molar-refractivity contribution in [2.75, 3.05) is 13.2 Å². The summed E-state index contributed by atoms with van der Waals surface area (Å²) in [5, 5.41) is 9.21. The predicted octanol–water partition coefficient (Wildman–Crippen LogP) is 0.343. The first kappa shape index (κ1) is 12.5. The van der Waals surface area contributed by atoms with Crippen LogP contribution in [0.25, 0.3) is 0 Å². The number of nitrogens with zero attached hydrogens (tertiary/aromatic N) is 1.